The monoisotopic (exact) mass is 272 g/mol. The van der Waals surface area contributed by atoms with Gasteiger partial charge in [-0.25, -0.2) is 0 Å². The largest absolute Gasteiger partial charge is 0.390 e. The average Bonchev–Trinajstić information content (AvgIpc) is 3.06. The van der Waals surface area contributed by atoms with Crippen LogP contribution in [0.3, 0.4) is 0 Å². The van der Waals surface area contributed by atoms with Gasteiger partial charge in [0.1, 0.15) is 0 Å². The summed E-state index contributed by atoms with van der Waals surface area (Å²) in [5, 5.41) is 4.68. The van der Waals surface area contributed by atoms with Crippen LogP contribution in [0.1, 0.15) is 11.8 Å². The number of hydrogen-bond acceptors (Lipinski definition) is 6. The lowest BCUT2D eigenvalue weighted by Crippen LogP contribution is -1.84. The molecule has 3 aromatic heterocycles. The van der Waals surface area contributed by atoms with Gasteiger partial charge in [-0.1, -0.05) is 12.1 Å². The van der Waals surface area contributed by atoms with Crippen LogP contribution >= 0.6 is 11.3 Å². The number of nitrogen functional groups attached to an aromatic ring is 1. The number of aryl methyl sites for hydroxylation is 1. The summed E-state index contributed by atoms with van der Waals surface area (Å²) in [6.07, 6.45) is 4.33. The molecular weight excluding hydrogens is 260 g/mol. The van der Waals surface area contributed by atoms with Crippen LogP contribution in [0, 0.1) is 0 Å². The summed E-state index contributed by atoms with van der Waals surface area (Å²) >= 11 is 1.55. The molecule has 3 heterocycles. The maximum Gasteiger partial charge on any atom is 0.261 e. The fourth-order valence-electron chi connectivity index (χ4n) is 1.75. The molecule has 3 aromatic rings. The predicted molar refractivity (Wildman–Crippen MR) is 74.6 cm³/mol. The molecule has 0 aliphatic carbocycles. The molecule has 5 nitrogen and oxygen atoms in total. The molecular formula is C13H12N4OS. The minimum atomic E-state index is 0.459. The molecule has 0 amide bonds. The minimum absolute atomic E-state index is 0.459. The lowest BCUT2D eigenvalue weighted by molar-refractivity contribution is 0.432. The molecule has 0 aliphatic heterocycles. The van der Waals surface area contributed by atoms with Gasteiger partial charge < -0.3 is 10.3 Å². The van der Waals surface area contributed by atoms with Crippen LogP contribution in [0.5, 0.6) is 0 Å². The first-order valence-electron chi connectivity index (χ1n) is 5.90. The molecule has 0 atom stereocenters. The van der Waals surface area contributed by atoms with Gasteiger partial charge in [0.15, 0.2) is 0 Å². The van der Waals surface area contributed by atoms with E-state index in [1.165, 1.54) is 4.88 Å². The molecule has 0 radical (unpaired) electrons. The van der Waals surface area contributed by atoms with Crippen molar-refractivity contribution in [3.05, 3.63) is 35.5 Å². The second-order valence-corrected chi connectivity index (χ2v) is 5.17. The summed E-state index contributed by atoms with van der Waals surface area (Å²) in [4.78, 5) is 9.54. The van der Waals surface area contributed by atoms with Crippen molar-refractivity contribution in [3.63, 3.8) is 0 Å². The van der Waals surface area contributed by atoms with Gasteiger partial charge >= 0.3 is 0 Å². The van der Waals surface area contributed by atoms with Crippen LogP contribution in [-0.4, -0.2) is 15.1 Å². The fourth-order valence-corrected chi connectivity index (χ4v) is 2.61. The molecule has 0 saturated heterocycles. The van der Waals surface area contributed by atoms with E-state index < -0.39 is 0 Å². The van der Waals surface area contributed by atoms with Crippen molar-refractivity contribution in [3.8, 4) is 22.8 Å². The molecule has 0 fully saturated rings. The van der Waals surface area contributed by atoms with Gasteiger partial charge in [-0.15, -0.1) is 11.3 Å². The second-order valence-electron chi connectivity index (χ2n) is 4.00. The Hall–Kier alpha value is -2.21. The van der Waals surface area contributed by atoms with E-state index in [1.54, 1.807) is 23.7 Å². The number of rotatable bonds is 3. The number of anilines is 1. The molecule has 96 valence electrons. The number of nitrogens with zero attached hydrogens (tertiary/aromatic N) is 3. The number of hydrogen-bond donors (Lipinski definition) is 1. The summed E-state index contributed by atoms with van der Waals surface area (Å²) in [5.74, 6) is 1.00. The van der Waals surface area contributed by atoms with E-state index in [2.05, 4.69) is 22.0 Å². The summed E-state index contributed by atoms with van der Waals surface area (Å²) in [6.45, 7) is 2.09. The van der Waals surface area contributed by atoms with Gasteiger partial charge in [0.05, 0.1) is 10.6 Å². The molecule has 3 rings (SSSR count). The smallest absolute Gasteiger partial charge is 0.261 e. The zero-order chi connectivity index (χ0) is 13.2. The van der Waals surface area contributed by atoms with Gasteiger partial charge in [0.2, 0.25) is 5.82 Å². The maximum absolute atomic E-state index is 5.98. The third kappa shape index (κ3) is 2.22. The third-order valence-electron chi connectivity index (χ3n) is 2.76. The molecule has 19 heavy (non-hydrogen) atoms. The number of thiophene rings is 1. The van der Waals surface area contributed by atoms with Crippen molar-refractivity contribution in [2.24, 2.45) is 0 Å². The van der Waals surface area contributed by atoms with E-state index in [9.17, 15) is 0 Å². The number of pyridine rings is 1. The second kappa shape index (κ2) is 4.81. The Balaban J connectivity index is 1.99. The van der Waals surface area contributed by atoms with Crippen LogP contribution in [0.15, 0.2) is 35.1 Å². The molecule has 0 bridgehead atoms. The molecule has 2 N–H and O–H groups in total. The van der Waals surface area contributed by atoms with Crippen molar-refractivity contribution in [2.45, 2.75) is 13.3 Å². The lowest BCUT2D eigenvalue weighted by Gasteiger charge is -1.91. The van der Waals surface area contributed by atoms with Gasteiger partial charge in [-0.2, -0.15) is 4.98 Å². The van der Waals surface area contributed by atoms with E-state index in [1.807, 2.05) is 18.2 Å². The highest BCUT2D eigenvalue weighted by Crippen LogP contribution is 2.34. The van der Waals surface area contributed by atoms with Crippen molar-refractivity contribution < 1.29 is 4.52 Å². The highest BCUT2D eigenvalue weighted by molar-refractivity contribution is 7.16. The Labute approximate surface area is 114 Å². The molecule has 6 heteroatoms. The zero-order valence-corrected chi connectivity index (χ0v) is 11.1. The summed E-state index contributed by atoms with van der Waals surface area (Å²) in [5.41, 5.74) is 7.66. The first-order valence-corrected chi connectivity index (χ1v) is 6.72. The highest BCUT2D eigenvalue weighted by Gasteiger charge is 2.15. The third-order valence-corrected chi connectivity index (χ3v) is 3.86. The molecule has 0 aliphatic rings. The number of aromatic nitrogens is 3. The normalized spacial score (nSPS) is 10.8. The predicted octanol–water partition coefficient (Wildman–Crippen LogP) is 3.00. The Kier molecular flexibility index (Phi) is 3.00. The van der Waals surface area contributed by atoms with E-state index in [-0.39, 0.29) is 0 Å². The maximum atomic E-state index is 5.98. The van der Waals surface area contributed by atoms with E-state index in [0.29, 0.717) is 16.7 Å². The zero-order valence-electron chi connectivity index (χ0n) is 10.3. The van der Waals surface area contributed by atoms with Gasteiger partial charge in [0, 0.05) is 22.8 Å². The van der Waals surface area contributed by atoms with Crippen LogP contribution < -0.4 is 5.73 Å². The lowest BCUT2D eigenvalue weighted by atomic mass is 10.2. The van der Waals surface area contributed by atoms with E-state index in [0.717, 1.165) is 17.5 Å². The Morgan fingerprint density at radius 3 is 2.79 bits per heavy atom. The van der Waals surface area contributed by atoms with Crippen LogP contribution in [-0.2, 0) is 6.42 Å². The van der Waals surface area contributed by atoms with E-state index in [4.69, 9.17) is 10.3 Å². The van der Waals surface area contributed by atoms with Gasteiger partial charge in [-0.3, -0.25) is 4.98 Å². The summed E-state index contributed by atoms with van der Waals surface area (Å²) in [6, 6.07) is 5.68. The van der Waals surface area contributed by atoms with Gasteiger partial charge in [-0.05, 0) is 24.6 Å². The minimum Gasteiger partial charge on any atom is -0.390 e. The molecule has 0 unspecified atom stereocenters. The first-order chi connectivity index (χ1) is 9.28. The SMILES string of the molecule is CCc1cc(-c2nc(-c3ccncc3)no2)c(N)s1. The van der Waals surface area contributed by atoms with Crippen molar-refractivity contribution in [1.82, 2.24) is 15.1 Å². The van der Waals surface area contributed by atoms with Crippen molar-refractivity contribution in [1.29, 1.82) is 0 Å². The summed E-state index contributed by atoms with van der Waals surface area (Å²) < 4.78 is 5.29. The topological polar surface area (TPSA) is 77.8 Å². The quantitative estimate of drug-likeness (QED) is 0.793. The molecule has 0 spiro atoms. The Morgan fingerprint density at radius 1 is 1.32 bits per heavy atom. The van der Waals surface area contributed by atoms with Gasteiger partial charge in [0.25, 0.3) is 5.89 Å². The average molecular weight is 272 g/mol. The highest BCUT2D eigenvalue weighted by atomic mass is 32.1. The van der Waals surface area contributed by atoms with Crippen LogP contribution in [0.2, 0.25) is 0 Å². The number of nitrogens with two attached hydrogens (primary N) is 1. The van der Waals surface area contributed by atoms with Crippen molar-refractivity contribution >= 4 is 16.3 Å². The standard InChI is InChI=1S/C13H12N4OS/c1-2-9-7-10(11(14)19-9)13-16-12(17-18-13)8-3-5-15-6-4-8/h3-7H,2,14H2,1H3. The summed E-state index contributed by atoms with van der Waals surface area (Å²) in [7, 11) is 0. The Morgan fingerprint density at radius 2 is 2.11 bits per heavy atom. The molecule has 0 saturated carbocycles. The van der Waals surface area contributed by atoms with Crippen LogP contribution in [0.25, 0.3) is 22.8 Å². The Bertz CT molecular complexity index is 690. The first kappa shape index (κ1) is 11.9. The fraction of sp³-hybridized carbons (Fsp3) is 0.154. The van der Waals surface area contributed by atoms with Crippen molar-refractivity contribution in [2.75, 3.05) is 5.73 Å². The van der Waals surface area contributed by atoms with Crippen LogP contribution in [0.4, 0.5) is 5.00 Å². The van der Waals surface area contributed by atoms with E-state index >= 15 is 0 Å². The molecule has 0 aromatic carbocycles.